The Bertz CT molecular complexity index is 297. The molecule has 0 aromatic rings. The summed E-state index contributed by atoms with van der Waals surface area (Å²) in [6, 6.07) is 0. The lowest BCUT2D eigenvalue weighted by Gasteiger charge is -2.42. The second-order valence-corrected chi connectivity index (χ2v) is 10.9. The van der Waals surface area contributed by atoms with Crippen LogP contribution in [0.2, 0.25) is 12.1 Å². The zero-order valence-electron chi connectivity index (χ0n) is 14.0. The molecule has 0 bridgehead atoms. The van der Waals surface area contributed by atoms with E-state index in [1.165, 1.54) is 51.4 Å². The third-order valence-corrected chi connectivity index (χ3v) is 9.62. The third-order valence-electron chi connectivity index (χ3n) is 5.94. The summed E-state index contributed by atoms with van der Waals surface area (Å²) >= 11 is 0. The first-order chi connectivity index (χ1) is 9.59. The molecule has 0 heterocycles. The molecule has 2 rings (SSSR count). The van der Waals surface area contributed by atoms with Crippen molar-refractivity contribution in [3.05, 3.63) is 0 Å². The van der Waals surface area contributed by atoms with Crippen LogP contribution in [-0.4, -0.2) is 22.3 Å². The lowest BCUT2D eigenvalue weighted by molar-refractivity contribution is 0.141. The molecule has 0 aromatic heterocycles. The molecule has 2 nitrogen and oxygen atoms in total. The van der Waals surface area contributed by atoms with Gasteiger partial charge in [0.1, 0.15) is 0 Å². The van der Waals surface area contributed by atoms with E-state index in [0.717, 1.165) is 24.4 Å². The van der Waals surface area contributed by atoms with Crippen LogP contribution in [0.25, 0.3) is 0 Å². The largest absolute Gasteiger partial charge is 0.398 e. The van der Waals surface area contributed by atoms with Gasteiger partial charge >= 0.3 is 8.56 Å². The minimum atomic E-state index is -1.94. The summed E-state index contributed by atoms with van der Waals surface area (Å²) < 4.78 is 12.0. The molecule has 2 saturated carbocycles. The minimum absolute atomic E-state index is 0.712. The Hall–Kier alpha value is 0.137. The van der Waals surface area contributed by atoms with Crippen LogP contribution in [0.1, 0.15) is 65.2 Å². The molecule has 5 unspecified atom stereocenters. The maximum absolute atomic E-state index is 6.09. The number of hydrogen-bond donors (Lipinski definition) is 0. The predicted octanol–water partition coefficient (Wildman–Crippen LogP) is 5.13. The van der Waals surface area contributed by atoms with E-state index < -0.39 is 8.56 Å². The van der Waals surface area contributed by atoms with Crippen molar-refractivity contribution in [2.24, 2.45) is 17.8 Å². The summed E-state index contributed by atoms with van der Waals surface area (Å²) in [4.78, 5) is 0. The van der Waals surface area contributed by atoms with E-state index in [1.54, 1.807) is 0 Å². The molecule has 0 saturated heterocycles. The van der Waals surface area contributed by atoms with Gasteiger partial charge in [0.15, 0.2) is 0 Å². The molecule has 118 valence electrons. The molecule has 0 amide bonds. The van der Waals surface area contributed by atoms with Gasteiger partial charge in [0, 0.05) is 19.3 Å². The average Bonchev–Trinajstić information content (AvgIpc) is 2.47. The molecule has 0 radical (unpaired) electrons. The van der Waals surface area contributed by atoms with E-state index in [9.17, 15) is 0 Å². The Labute approximate surface area is 126 Å². The molecule has 3 heteroatoms. The molecule has 2 fully saturated rings. The van der Waals surface area contributed by atoms with Crippen molar-refractivity contribution in [2.45, 2.75) is 77.3 Å². The summed E-state index contributed by atoms with van der Waals surface area (Å²) in [6.07, 6.45) is 11.4. The molecular weight excluding hydrogens is 264 g/mol. The number of rotatable bonds is 5. The maximum atomic E-state index is 6.09. The van der Waals surface area contributed by atoms with Crippen LogP contribution < -0.4 is 0 Å². The Morgan fingerprint density at radius 1 is 1.00 bits per heavy atom. The summed E-state index contributed by atoms with van der Waals surface area (Å²) in [5, 5.41) is 0. The highest BCUT2D eigenvalue weighted by molar-refractivity contribution is 6.67. The monoisotopic (exact) mass is 298 g/mol. The van der Waals surface area contributed by atoms with Crippen LogP contribution in [0.5, 0.6) is 0 Å². The number of hydrogen-bond acceptors (Lipinski definition) is 2. The second kappa shape index (κ2) is 7.41. The van der Waals surface area contributed by atoms with Gasteiger partial charge in [0.2, 0.25) is 0 Å². The van der Waals surface area contributed by atoms with E-state index in [1.807, 2.05) is 7.11 Å². The van der Waals surface area contributed by atoms with Crippen molar-refractivity contribution in [2.75, 3.05) is 13.7 Å². The van der Waals surface area contributed by atoms with Crippen LogP contribution in [0.3, 0.4) is 0 Å². The fourth-order valence-electron chi connectivity index (χ4n) is 4.67. The van der Waals surface area contributed by atoms with Gasteiger partial charge in [0.25, 0.3) is 0 Å². The van der Waals surface area contributed by atoms with Crippen LogP contribution in [0.15, 0.2) is 0 Å². The van der Waals surface area contributed by atoms with Crippen LogP contribution >= 0.6 is 0 Å². The zero-order valence-corrected chi connectivity index (χ0v) is 15.0. The van der Waals surface area contributed by atoms with Gasteiger partial charge in [-0.3, -0.25) is 0 Å². The average molecular weight is 299 g/mol. The zero-order chi connectivity index (χ0) is 14.6. The Kier molecular flexibility index (Phi) is 6.12. The Morgan fingerprint density at radius 3 is 2.25 bits per heavy atom. The molecule has 0 aromatic carbocycles. The SMILES string of the molecule is CCO[Si](C)(OC)C1CCCC(C2CCCC(C)C2)C1. The summed E-state index contributed by atoms with van der Waals surface area (Å²) in [6.45, 7) is 7.64. The lowest BCUT2D eigenvalue weighted by Crippen LogP contribution is -2.45. The highest BCUT2D eigenvalue weighted by Gasteiger charge is 2.44. The quantitative estimate of drug-likeness (QED) is 0.655. The predicted molar refractivity (Wildman–Crippen MR) is 87.1 cm³/mol. The van der Waals surface area contributed by atoms with Gasteiger partial charge in [-0.2, -0.15) is 0 Å². The standard InChI is InChI=1S/C17H34O2Si/c1-5-19-20(4,18-3)17-11-7-10-16(13-17)15-9-6-8-14(2)12-15/h14-17H,5-13H2,1-4H3. The Morgan fingerprint density at radius 2 is 1.65 bits per heavy atom. The summed E-state index contributed by atoms with van der Waals surface area (Å²) in [7, 11) is -0.0757. The first-order valence-electron chi connectivity index (χ1n) is 8.78. The van der Waals surface area contributed by atoms with Gasteiger partial charge in [-0.15, -0.1) is 0 Å². The lowest BCUT2D eigenvalue weighted by atomic mass is 9.71. The van der Waals surface area contributed by atoms with Crippen LogP contribution in [0, 0.1) is 17.8 Å². The van der Waals surface area contributed by atoms with Crippen molar-refractivity contribution in [1.29, 1.82) is 0 Å². The molecule has 0 aliphatic heterocycles. The van der Waals surface area contributed by atoms with Crippen molar-refractivity contribution < 1.29 is 8.85 Å². The van der Waals surface area contributed by atoms with Crippen molar-refractivity contribution in [1.82, 2.24) is 0 Å². The maximum Gasteiger partial charge on any atom is 0.337 e. The third kappa shape index (κ3) is 3.86. The molecule has 0 spiro atoms. The van der Waals surface area contributed by atoms with E-state index in [4.69, 9.17) is 8.85 Å². The van der Waals surface area contributed by atoms with Gasteiger partial charge in [-0.25, -0.2) is 0 Å². The smallest absolute Gasteiger partial charge is 0.337 e. The van der Waals surface area contributed by atoms with E-state index in [2.05, 4.69) is 20.4 Å². The summed E-state index contributed by atoms with van der Waals surface area (Å²) in [5.74, 6) is 2.88. The van der Waals surface area contributed by atoms with Gasteiger partial charge < -0.3 is 8.85 Å². The van der Waals surface area contributed by atoms with Gasteiger partial charge in [0.05, 0.1) is 0 Å². The van der Waals surface area contributed by atoms with Crippen molar-refractivity contribution in [3.8, 4) is 0 Å². The fourth-order valence-corrected chi connectivity index (χ4v) is 7.39. The molecular formula is C17H34O2Si. The Balaban J connectivity index is 1.97. The fraction of sp³-hybridized carbons (Fsp3) is 1.00. The summed E-state index contributed by atoms with van der Waals surface area (Å²) in [5.41, 5.74) is 0.712. The molecule has 2 aliphatic rings. The minimum Gasteiger partial charge on any atom is -0.398 e. The molecule has 2 aliphatic carbocycles. The van der Waals surface area contributed by atoms with Crippen molar-refractivity contribution >= 4 is 8.56 Å². The highest BCUT2D eigenvalue weighted by atomic mass is 28.4. The van der Waals surface area contributed by atoms with Crippen LogP contribution in [0.4, 0.5) is 0 Å². The van der Waals surface area contributed by atoms with E-state index in [-0.39, 0.29) is 0 Å². The topological polar surface area (TPSA) is 18.5 Å². The second-order valence-electron chi connectivity index (χ2n) is 7.31. The van der Waals surface area contributed by atoms with Gasteiger partial charge in [-0.05, 0) is 50.5 Å². The van der Waals surface area contributed by atoms with Gasteiger partial charge in [-0.1, -0.05) is 39.0 Å². The molecule has 5 atom stereocenters. The highest BCUT2D eigenvalue weighted by Crippen LogP contribution is 2.46. The normalized spacial score (nSPS) is 38.4. The first-order valence-corrected chi connectivity index (χ1v) is 11.2. The van der Waals surface area contributed by atoms with Crippen LogP contribution in [-0.2, 0) is 8.85 Å². The first kappa shape index (κ1) is 16.5. The van der Waals surface area contributed by atoms with E-state index >= 15 is 0 Å². The molecule has 20 heavy (non-hydrogen) atoms. The van der Waals surface area contributed by atoms with Crippen molar-refractivity contribution in [3.63, 3.8) is 0 Å². The van der Waals surface area contributed by atoms with E-state index in [0.29, 0.717) is 5.54 Å². The molecule has 0 N–H and O–H groups in total.